The van der Waals surface area contributed by atoms with Crippen molar-refractivity contribution < 1.29 is 13.0 Å². The van der Waals surface area contributed by atoms with E-state index in [4.69, 9.17) is 10.3 Å². The molecule has 0 aliphatic rings. The number of azo groups is 1. The predicted octanol–water partition coefficient (Wildman–Crippen LogP) is 2.93. The van der Waals surface area contributed by atoms with Gasteiger partial charge in [-0.05, 0) is 24.3 Å². The Morgan fingerprint density at radius 1 is 0.947 bits per heavy atom. The van der Waals surface area contributed by atoms with Gasteiger partial charge < -0.3 is 5.73 Å². The van der Waals surface area contributed by atoms with Crippen molar-refractivity contribution in [3.05, 3.63) is 48.5 Å². The Labute approximate surface area is 110 Å². The Morgan fingerprint density at radius 2 is 1.63 bits per heavy atom. The van der Waals surface area contributed by atoms with Crippen LogP contribution in [-0.2, 0) is 10.1 Å². The summed E-state index contributed by atoms with van der Waals surface area (Å²) in [5, 5.41) is 7.70. The SMILES string of the molecule is Nc1cccc(N=Nc2ccccc2)c1S(=O)(=O)O. The second kappa shape index (κ2) is 5.17. The molecule has 7 heteroatoms. The second-order valence-electron chi connectivity index (χ2n) is 3.71. The van der Waals surface area contributed by atoms with Gasteiger partial charge in [0.15, 0.2) is 0 Å². The zero-order chi connectivity index (χ0) is 13.9. The van der Waals surface area contributed by atoms with Crippen LogP contribution in [0.25, 0.3) is 0 Å². The molecule has 2 aromatic rings. The van der Waals surface area contributed by atoms with Crippen LogP contribution in [0.4, 0.5) is 17.1 Å². The Bertz CT molecular complexity index is 712. The van der Waals surface area contributed by atoms with Crippen molar-refractivity contribution in [3.63, 3.8) is 0 Å². The summed E-state index contributed by atoms with van der Waals surface area (Å²) in [7, 11) is -4.45. The molecule has 0 saturated heterocycles. The highest BCUT2D eigenvalue weighted by atomic mass is 32.2. The van der Waals surface area contributed by atoms with Gasteiger partial charge in [0.2, 0.25) is 0 Å². The van der Waals surface area contributed by atoms with E-state index in [2.05, 4.69) is 10.2 Å². The molecule has 0 atom stereocenters. The molecule has 0 saturated carbocycles. The number of hydrogen-bond acceptors (Lipinski definition) is 5. The van der Waals surface area contributed by atoms with Crippen LogP contribution in [0.5, 0.6) is 0 Å². The van der Waals surface area contributed by atoms with Gasteiger partial charge in [0.05, 0.1) is 11.4 Å². The van der Waals surface area contributed by atoms with Crippen molar-refractivity contribution >= 4 is 27.2 Å². The first-order valence-electron chi connectivity index (χ1n) is 5.31. The van der Waals surface area contributed by atoms with Crippen LogP contribution in [0, 0.1) is 0 Å². The van der Waals surface area contributed by atoms with E-state index in [0.717, 1.165) is 0 Å². The number of nitrogens with zero attached hydrogens (tertiary/aromatic N) is 2. The van der Waals surface area contributed by atoms with E-state index in [-0.39, 0.29) is 11.4 Å². The summed E-state index contributed by atoms with van der Waals surface area (Å²) in [6.07, 6.45) is 0. The molecular weight excluding hydrogens is 266 g/mol. The standard InChI is InChI=1S/C12H11N3O3S/c13-10-7-4-8-11(12(10)19(16,17)18)15-14-9-5-2-1-3-6-9/h1-8H,13H2,(H,16,17,18). The maximum absolute atomic E-state index is 11.3. The molecule has 2 rings (SSSR count). The number of nitrogen functional groups attached to an aromatic ring is 1. The van der Waals surface area contributed by atoms with Crippen molar-refractivity contribution in [2.75, 3.05) is 5.73 Å². The largest absolute Gasteiger partial charge is 0.398 e. The second-order valence-corrected chi connectivity index (χ2v) is 5.06. The molecule has 0 aliphatic heterocycles. The minimum absolute atomic E-state index is 0.00801. The van der Waals surface area contributed by atoms with E-state index in [1.54, 1.807) is 24.3 Å². The van der Waals surface area contributed by atoms with Crippen LogP contribution in [0.3, 0.4) is 0 Å². The number of anilines is 1. The van der Waals surface area contributed by atoms with E-state index in [0.29, 0.717) is 5.69 Å². The molecule has 0 amide bonds. The number of hydrogen-bond donors (Lipinski definition) is 2. The molecule has 0 fully saturated rings. The molecule has 0 unspecified atom stereocenters. The van der Waals surface area contributed by atoms with Gasteiger partial charge in [-0.1, -0.05) is 24.3 Å². The zero-order valence-corrected chi connectivity index (χ0v) is 10.6. The van der Waals surface area contributed by atoms with Gasteiger partial charge in [-0.15, -0.1) is 5.11 Å². The smallest absolute Gasteiger partial charge is 0.298 e. The van der Waals surface area contributed by atoms with Gasteiger partial charge in [0.25, 0.3) is 10.1 Å². The Morgan fingerprint density at radius 3 is 2.26 bits per heavy atom. The highest BCUT2D eigenvalue weighted by Crippen LogP contribution is 2.30. The third kappa shape index (κ3) is 3.15. The Kier molecular flexibility index (Phi) is 3.59. The van der Waals surface area contributed by atoms with Gasteiger partial charge in [0, 0.05) is 0 Å². The molecule has 0 aliphatic carbocycles. The number of nitrogens with two attached hydrogens (primary N) is 1. The quantitative estimate of drug-likeness (QED) is 0.511. The van der Waals surface area contributed by atoms with E-state index < -0.39 is 15.0 Å². The Balaban J connectivity index is 2.47. The summed E-state index contributed by atoms with van der Waals surface area (Å²) in [5.74, 6) is 0. The lowest BCUT2D eigenvalue weighted by molar-refractivity contribution is 0.484. The van der Waals surface area contributed by atoms with Gasteiger partial charge in [0.1, 0.15) is 10.6 Å². The van der Waals surface area contributed by atoms with E-state index in [9.17, 15) is 8.42 Å². The molecule has 19 heavy (non-hydrogen) atoms. The highest BCUT2D eigenvalue weighted by molar-refractivity contribution is 7.86. The lowest BCUT2D eigenvalue weighted by Gasteiger charge is -2.04. The van der Waals surface area contributed by atoms with Crippen LogP contribution in [0.15, 0.2) is 63.7 Å². The molecule has 0 radical (unpaired) electrons. The summed E-state index contributed by atoms with van der Waals surface area (Å²) in [6, 6.07) is 13.1. The maximum atomic E-state index is 11.3. The van der Waals surface area contributed by atoms with Crippen molar-refractivity contribution in [2.45, 2.75) is 4.90 Å². The van der Waals surface area contributed by atoms with E-state index in [1.165, 1.54) is 18.2 Å². The van der Waals surface area contributed by atoms with Crippen LogP contribution >= 0.6 is 0 Å². The van der Waals surface area contributed by atoms with Crippen molar-refractivity contribution in [2.24, 2.45) is 10.2 Å². The third-order valence-corrected chi connectivity index (χ3v) is 3.27. The van der Waals surface area contributed by atoms with Gasteiger partial charge in [-0.2, -0.15) is 13.5 Å². The van der Waals surface area contributed by atoms with Crippen LogP contribution in [0.1, 0.15) is 0 Å². The van der Waals surface area contributed by atoms with Gasteiger partial charge in [-0.3, -0.25) is 4.55 Å². The minimum Gasteiger partial charge on any atom is -0.398 e. The minimum atomic E-state index is -4.45. The summed E-state index contributed by atoms with van der Waals surface area (Å²) in [4.78, 5) is -0.435. The van der Waals surface area contributed by atoms with Gasteiger partial charge in [-0.25, -0.2) is 0 Å². The summed E-state index contributed by atoms with van der Waals surface area (Å²) < 4.78 is 31.7. The average molecular weight is 277 g/mol. The summed E-state index contributed by atoms with van der Waals surface area (Å²) >= 11 is 0. The molecule has 0 heterocycles. The Hall–Kier alpha value is -2.25. The molecule has 98 valence electrons. The molecule has 6 nitrogen and oxygen atoms in total. The van der Waals surface area contributed by atoms with Crippen LogP contribution < -0.4 is 5.73 Å². The highest BCUT2D eigenvalue weighted by Gasteiger charge is 2.18. The first-order chi connectivity index (χ1) is 8.98. The number of rotatable bonds is 3. The van der Waals surface area contributed by atoms with Crippen molar-refractivity contribution in [3.8, 4) is 0 Å². The van der Waals surface area contributed by atoms with Crippen molar-refractivity contribution in [1.82, 2.24) is 0 Å². The average Bonchev–Trinajstić information content (AvgIpc) is 2.36. The zero-order valence-electron chi connectivity index (χ0n) is 9.76. The third-order valence-electron chi connectivity index (χ3n) is 2.31. The first-order valence-corrected chi connectivity index (χ1v) is 6.75. The fourth-order valence-corrected chi connectivity index (χ4v) is 2.25. The lowest BCUT2D eigenvalue weighted by atomic mass is 10.3. The molecule has 2 aromatic carbocycles. The van der Waals surface area contributed by atoms with Crippen molar-refractivity contribution in [1.29, 1.82) is 0 Å². The van der Waals surface area contributed by atoms with E-state index >= 15 is 0 Å². The van der Waals surface area contributed by atoms with Crippen LogP contribution in [-0.4, -0.2) is 13.0 Å². The normalized spacial score (nSPS) is 11.8. The lowest BCUT2D eigenvalue weighted by Crippen LogP contribution is -2.03. The van der Waals surface area contributed by atoms with E-state index in [1.807, 2.05) is 6.07 Å². The topological polar surface area (TPSA) is 105 Å². The predicted molar refractivity (Wildman–Crippen MR) is 71.3 cm³/mol. The summed E-state index contributed by atoms with van der Waals surface area (Å²) in [5.41, 5.74) is 6.01. The first kappa shape index (κ1) is 13.2. The molecule has 0 bridgehead atoms. The fraction of sp³-hybridized carbons (Fsp3) is 0. The molecule has 0 spiro atoms. The molecular formula is C12H11N3O3S. The monoisotopic (exact) mass is 277 g/mol. The fourth-order valence-electron chi connectivity index (χ4n) is 1.51. The molecule has 0 aromatic heterocycles. The molecule has 3 N–H and O–H groups in total. The van der Waals surface area contributed by atoms with Crippen LogP contribution in [0.2, 0.25) is 0 Å². The summed E-state index contributed by atoms with van der Waals surface area (Å²) in [6.45, 7) is 0. The van der Waals surface area contributed by atoms with Gasteiger partial charge >= 0.3 is 0 Å². The maximum Gasteiger partial charge on any atom is 0.298 e. The number of benzene rings is 2.